The Morgan fingerprint density at radius 2 is 1.45 bits per heavy atom. The van der Waals surface area contributed by atoms with Gasteiger partial charge in [-0.3, -0.25) is 0 Å². The van der Waals surface area contributed by atoms with Crippen LogP contribution in [0, 0.1) is 5.92 Å². The van der Waals surface area contributed by atoms with Gasteiger partial charge in [0.1, 0.15) is 12.6 Å². The Kier molecular flexibility index (Phi) is 8.10. The summed E-state index contributed by atoms with van der Waals surface area (Å²) >= 11 is 0. The first kappa shape index (κ1) is 22.9. The zero-order valence-corrected chi connectivity index (χ0v) is 18.5. The monoisotopic (exact) mass is 423 g/mol. The Morgan fingerprint density at radius 1 is 0.903 bits per heavy atom. The Balaban J connectivity index is 1.59. The van der Waals surface area contributed by atoms with Crippen molar-refractivity contribution >= 4 is 12.1 Å². The van der Waals surface area contributed by atoms with Gasteiger partial charge in [0, 0.05) is 5.92 Å². The van der Waals surface area contributed by atoms with E-state index in [0.29, 0.717) is 12.3 Å². The van der Waals surface area contributed by atoms with E-state index in [9.17, 15) is 14.7 Å². The molecule has 0 aromatic heterocycles. The van der Waals surface area contributed by atoms with E-state index in [1.807, 2.05) is 24.3 Å². The summed E-state index contributed by atoms with van der Waals surface area (Å²) in [7, 11) is 0. The molecular formula is C26H33NO4. The summed E-state index contributed by atoms with van der Waals surface area (Å²) in [6, 6.07) is 15.3. The van der Waals surface area contributed by atoms with Crippen LogP contribution in [0.4, 0.5) is 4.79 Å². The highest BCUT2D eigenvalue weighted by Crippen LogP contribution is 2.44. The van der Waals surface area contributed by atoms with Crippen molar-refractivity contribution in [3.05, 3.63) is 59.7 Å². The molecule has 1 atom stereocenters. The third-order valence-electron chi connectivity index (χ3n) is 6.19. The predicted molar refractivity (Wildman–Crippen MR) is 122 cm³/mol. The number of carbonyl (C=O) groups is 2. The Labute approximate surface area is 184 Å². The first-order chi connectivity index (χ1) is 15.0. The molecule has 5 nitrogen and oxygen atoms in total. The van der Waals surface area contributed by atoms with E-state index in [1.54, 1.807) is 0 Å². The van der Waals surface area contributed by atoms with Crippen LogP contribution in [0.3, 0.4) is 0 Å². The molecule has 0 saturated carbocycles. The van der Waals surface area contributed by atoms with Gasteiger partial charge in [0.2, 0.25) is 0 Å². The molecule has 0 heterocycles. The molecule has 2 aromatic rings. The molecule has 1 aliphatic carbocycles. The zero-order chi connectivity index (χ0) is 22.2. The maximum absolute atomic E-state index is 12.4. The van der Waals surface area contributed by atoms with Crippen molar-refractivity contribution in [3.63, 3.8) is 0 Å². The first-order valence-corrected chi connectivity index (χ1v) is 11.4. The second-order valence-electron chi connectivity index (χ2n) is 8.38. The number of benzene rings is 2. The fourth-order valence-corrected chi connectivity index (χ4v) is 4.69. The SMILES string of the molecule is CCCC(CCC)CC[C@H](NC(=O)OCC1c2ccccc2-c2ccccc21)C(=O)O. The van der Waals surface area contributed by atoms with Gasteiger partial charge >= 0.3 is 12.1 Å². The largest absolute Gasteiger partial charge is 0.480 e. The Bertz CT molecular complexity index is 843. The molecule has 0 saturated heterocycles. The van der Waals surface area contributed by atoms with Gasteiger partial charge in [0.25, 0.3) is 0 Å². The summed E-state index contributed by atoms with van der Waals surface area (Å²) in [5, 5.41) is 12.1. The number of ether oxygens (including phenoxy) is 1. The number of carboxylic acids is 1. The highest BCUT2D eigenvalue weighted by Gasteiger charge is 2.29. The summed E-state index contributed by atoms with van der Waals surface area (Å²) < 4.78 is 5.51. The summed E-state index contributed by atoms with van der Waals surface area (Å²) in [5.41, 5.74) is 4.59. The van der Waals surface area contributed by atoms with Gasteiger partial charge in [-0.2, -0.15) is 0 Å². The van der Waals surface area contributed by atoms with Crippen molar-refractivity contribution in [2.75, 3.05) is 6.61 Å². The lowest BCUT2D eigenvalue weighted by Crippen LogP contribution is -2.41. The van der Waals surface area contributed by atoms with Crippen LogP contribution in [0.2, 0.25) is 0 Å². The fourth-order valence-electron chi connectivity index (χ4n) is 4.69. The van der Waals surface area contributed by atoms with Gasteiger partial charge in [0.05, 0.1) is 0 Å². The molecule has 2 aromatic carbocycles. The quantitative estimate of drug-likeness (QED) is 0.466. The van der Waals surface area contributed by atoms with Crippen LogP contribution in [0.1, 0.15) is 69.4 Å². The van der Waals surface area contributed by atoms with Crippen LogP contribution in [0.15, 0.2) is 48.5 Å². The van der Waals surface area contributed by atoms with Gasteiger partial charge in [-0.25, -0.2) is 9.59 Å². The van der Waals surface area contributed by atoms with Gasteiger partial charge in [-0.15, -0.1) is 0 Å². The summed E-state index contributed by atoms with van der Waals surface area (Å²) in [6.45, 7) is 4.47. The molecule has 0 bridgehead atoms. The number of fused-ring (bicyclic) bond motifs is 3. The first-order valence-electron chi connectivity index (χ1n) is 11.4. The number of hydrogen-bond acceptors (Lipinski definition) is 3. The number of nitrogens with one attached hydrogen (secondary N) is 1. The molecule has 31 heavy (non-hydrogen) atoms. The third kappa shape index (κ3) is 5.66. The van der Waals surface area contributed by atoms with Crippen LogP contribution in [0.5, 0.6) is 0 Å². The van der Waals surface area contributed by atoms with Gasteiger partial charge < -0.3 is 15.2 Å². The molecule has 2 N–H and O–H groups in total. The summed E-state index contributed by atoms with van der Waals surface area (Å²) in [6.07, 6.45) is 4.89. The van der Waals surface area contributed by atoms with Crippen molar-refractivity contribution < 1.29 is 19.4 Å². The second-order valence-corrected chi connectivity index (χ2v) is 8.38. The molecule has 0 aliphatic heterocycles. The highest BCUT2D eigenvalue weighted by molar-refractivity contribution is 5.81. The van der Waals surface area contributed by atoms with E-state index in [2.05, 4.69) is 43.4 Å². The van der Waals surface area contributed by atoms with E-state index in [1.165, 1.54) is 0 Å². The number of carbonyl (C=O) groups excluding carboxylic acids is 1. The van der Waals surface area contributed by atoms with E-state index < -0.39 is 18.1 Å². The fraction of sp³-hybridized carbons (Fsp3) is 0.462. The molecule has 0 radical (unpaired) electrons. The number of rotatable bonds is 11. The second kappa shape index (κ2) is 11.0. The topological polar surface area (TPSA) is 75.6 Å². The van der Waals surface area contributed by atoms with Crippen molar-refractivity contribution in [2.45, 2.75) is 64.3 Å². The van der Waals surface area contributed by atoms with E-state index in [-0.39, 0.29) is 12.5 Å². The normalized spacial score (nSPS) is 13.5. The van der Waals surface area contributed by atoms with Crippen molar-refractivity contribution in [1.82, 2.24) is 5.32 Å². The lowest BCUT2D eigenvalue weighted by atomic mass is 9.91. The van der Waals surface area contributed by atoms with Gasteiger partial charge in [0.15, 0.2) is 0 Å². The smallest absolute Gasteiger partial charge is 0.407 e. The van der Waals surface area contributed by atoms with Gasteiger partial charge in [-0.05, 0) is 41.0 Å². The minimum Gasteiger partial charge on any atom is -0.480 e. The number of aliphatic carboxylic acids is 1. The molecule has 166 valence electrons. The molecule has 1 amide bonds. The maximum atomic E-state index is 12.4. The molecule has 0 spiro atoms. The average Bonchev–Trinajstić information content (AvgIpc) is 3.09. The summed E-state index contributed by atoms with van der Waals surface area (Å²) in [4.78, 5) is 24.1. The standard InChI is InChI=1S/C26H33NO4/c1-3-9-18(10-4-2)15-16-24(25(28)29)27-26(30)31-17-23-21-13-7-5-11-19(21)20-12-6-8-14-22(20)23/h5-8,11-14,18,23-24H,3-4,9-10,15-17H2,1-2H3,(H,27,30)(H,28,29)/t24-/m0/s1. The number of carboxylic acid groups (broad SMARTS) is 1. The average molecular weight is 424 g/mol. The minimum absolute atomic E-state index is 0.0417. The predicted octanol–water partition coefficient (Wildman–Crippen LogP) is 5.97. The molecule has 5 heteroatoms. The Hall–Kier alpha value is -2.82. The number of hydrogen-bond donors (Lipinski definition) is 2. The van der Waals surface area contributed by atoms with Crippen molar-refractivity contribution in [1.29, 1.82) is 0 Å². The summed E-state index contributed by atoms with van der Waals surface area (Å²) in [5.74, 6) is -0.554. The molecular weight excluding hydrogens is 390 g/mol. The van der Waals surface area contributed by atoms with Crippen LogP contribution < -0.4 is 5.32 Å². The van der Waals surface area contributed by atoms with E-state index >= 15 is 0 Å². The lowest BCUT2D eigenvalue weighted by Gasteiger charge is -2.20. The number of amides is 1. The zero-order valence-electron chi connectivity index (χ0n) is 18.5. The van der Waals surface area contributed by atoms with Crippen LogP contribution in [-0.4, -0.2) is 29.8 Å². The lowest BCUT2D eigenvalue weighted by molar-refractivity contribution is -0.139. The van der Waals surface area contributed by atoms with E-state index in [4.69, 9.17) is 4.74 Å². The van der Waals surface area contributed by atoms with Gasteiger partial charge in [-0.1, -0.05) is 88.1 Å². The van der Waals surface area contributed by atoms with Crippen LogP contribution >= 0.6 is 0 Å². The minimum atomic E-state index is -1.01. The van der Waals surface area contributed by atoms with Crippen molar-refractivity contribution in [2.24, 2.45) is 5.92 Å². The molecule has 3 rings (SSSR count). The van der Waals surface area contributed by atoms with Crippen LogP contribution in [-0.2, 0) is 9.53 Å². The maximum Gasteiger partial charge on any atom is 0.407 e. The van der Waals surface area contributed by atoms with Crippen molar-refractivity contribution in [3.8, 4) is 11.1 Å². The molecule has 0 fully saturated rings. The molecule has 1 aliphatic rings. The number of alkyl carbamates (subject to hydrolysis) is 1. The Morgan fingerprint density at radius 3 is 1.97 bits per heavy atom. The third-order valence-corrected chi connectivity index (χ3v) is 6.19. The highest BCUT2D eigenvalue weighted by atomic mass is 16.5. The van der Waals surface area contributed by atoms with E-state index in [0.717, 1.165) is 54.4 Å². The van der Waals surface area contributed by atoms with Crippen LogP contribution in [0.25, 0.3) is 11.1 Å². The molecule has 0 unspecified atom stereocenters.